The summed E-state index contributed by atoms with van der Waals surface area (Å²) in [4.78, 5) is 0.398. The van der Waals surface area contributed by atoms with Gasteiger partial charge >= 0.3 is 0 Å². The summed E-state index contributed by atoms with van der Waals surface area (Å²) in [6.07, 6.45) is 3.66. The van der Waals surface area contributed by atoms with Gasteiger partial charge in [0.05, 0.1) is 4.90 Å². The minimum absolute atomic E-state index is 0.328. The molecule has 188 valence electrons. The number of para-hydroxylation sites is 1. The molecule has 4 nitrogen and oxygen atoms in total. The van der Waals surface area contributed by atoms with E-state index in [9.17, 15) is 8.42 Å². The molecule has 1 aromatic heterocycles. The number of rotatable bonds is 7. The molecule has 0 unspecified atom stereocenters. The fourth-order valence-electron chi connectivity index (χ4n) is 5.65. The Kier molecular flexibility index (Phi) is 7.25. The standard InChI is InChI=1S/C30H33ClN2O2S/c1-3-7-23-12-14-27(15-13-23)36(34,35)32-18-16-25(17-19-32)30-22(2)33(29-11-5-4-10-28(29)30)21-24-8-6-9-26(31)20-24/h4-6,8-15,20,25H,3,7,16-19,21H2,1-2H3. The van der Waals surface area contributed by atoms with Gasteiger partial charge in [0.1, 0.15) is 0 Å². The van der Waals surface area contributed by atoms with Crippen molar-refractivity contribution in [3.05, 3.63) is 100 Å². The quantitative estimate of drug-likeness (QED) is 0.259. The molecule has 36 heavy (non-hydrogen) atoms. The number of hydrogen-bond donors (Lipinski definition) is 0. The first-order chi connectivity index (χ1) is 17.4. The number of aromatic nitrogens is 1. The molecule has 0 spiro atoms. The molecule has 4 aromatic rings. The Morgan fingerprint density at radius 2 is 1.64 bits per heavy atom. The molecule has 1 aliphatic heterocycles. The van der Waals surface area contributed by atoms with Crippen LogP contribution in [0.4, 0.5) is 0 Å². The van der Waals surface area contributed by atoms with Gasteiger partial charge in [0.2, 0.25) is 10.0 Å². The van der Waals surface area contributed by atoms with E-state index in [0.717, 1.165) is 37.3 Å². The summed E-state index contributed by atoms with van der Waals surface area (Å²) in [5.74, 6) is 0.328. The van der Waals surface area contributed by atoms with E-state index in [1.54, 1.807) is 16.4 Å². The van der Waals surface area contributed by atoms with Crippen molar-refractivity contribution in [1.82, 2.24) is 8.87 Å². The Morgan fingerprint density at radius 1 is 0.917 bits per heavy atom. The first-order valence-corrected chi connectivity index (χ1v) is 14.6. The van der Waals surface area contributed by atoms with Crippen LogP contribution in [0.5, 0.6) is 0 Å². The minimum atomic E-state index is -3.48. The SMILES string of the molecule is CCCc1ccc(S(=O)(=O)N2CCC(c3c(C)n(Cc4cccc(Cl)c4)c4ccccc34)CC2)cc1. The number of hydrogen-bond acceptors (Lipinski definition) is 2. The Labute approximate surface area is 219 Å². The van der Waals surface area contributed by atoms with Crippen LogP contribution < -0.4 is 0 Å². The van der Waals surface area contributed by atoms with Crippen LogP contribution in [0.3, 0.4) is 0 Å². The maximum Gasteiger partial charge on any atom is 0.243 e. The fourth-order valence-corrected chi connectivity index (χ4v) is 7.33. The number of fused-ring (bicyclic) bond motifs is 1. The van der Waals surface area contributed by atoms with Gasteiger partial charge in [0.15, 0.2) is 0 Å². The lowest BCUT2D eigenvalue weighted by atomic mass is 9.88. The van der Waals surface area contributed by atoms with Gasteiger partial charge in [0.25, 0.3) is 0 Å². The molecule has 0 N–H and O–H groups in total. The summed E-state index contributed by atoms with van der Waals surface area (Å²) in [5.41, 5.74) is 6.17. The maximum atomic E-state index is 13.3. The van der Waals surface area contributed by atoms with Crippen molar-refractivity contribution >= 4 is 32.5 Å². The second kappa shape index (κ2) is 10.4. The molecule has 1 aliphatic rings. The van der Waals surface area contributed by atoms with Crippen LogP contribution in [-0.2, 0) is 23.0 Å². The highest BCUT2D eigenvalue weighted by atomic mass is 35.5. The van der Waals surface area contributed by atoms with E-state index in [1.165, 1.54) is 33.3 Å². The first-order valence-electron chi connectivity index (χ1n) is 12.8. The molecular weight excluding hydrogens is 488 g/mol. The van der Waals surface area contributed by atoms with Crippen molar-refractivity contribution in [2.45, 2.75) is 56.9 Å². The number of halogens is 1. The predicted molar refractivity (Wildman–Crippen MR) is 148 cm³/mol. The van der Waals surface area contributed by atoms with E-state index in [2.05, 4.69) is 48.7 Å². The van der Waals surface area contributed by atoms with E-state index < -0.39 is 10.0 Å². The summed E-state index contributed by atoms with van der Waals surface area (Å²) in [5, 5.41) is 2.01. The van der Waals surface area contributed by atoms with Crippen LogP contribution in [-0.4, -0.2) is 30.4 Å². The average Bonchev–Trinajstić information content (AvgIpc) is 3.16. The summed E-state index contributed by atoms with van der Waals surface area (Å²) in [6.45, 7) is 6.16. The monoisotopic (exact) mass is 520 g/mol. The van der Waals surface area contributed by atoms with E-state index >= 15 is 0 Å². The fraction of sp³-hybridized carbons (Fsp3) is 0.333. The van der Waals surface area contributed by atoms with Crippen LogP contribution in [0.2, 0.25) is 5.02 Å². The van der Waals surface area contributed by atoms with Crippen molar-refractivity contribution in [1.29, 1.82) is 0 Å². The molecule has 0 saturated carbocycles. The Bertz CT molecular complexity index is 1470. The molecule has 0 atom stereocenters. The van der Waals surface area contributed by atoms with Crippen molar-refractivity contribution in [3.8, 4) is 0 Å². The van der Waals surface area contributed by atoms with Crippen molar-refractivity contribution in [2.24, 2.45) is 0 Å². The summed E-state index contributed by atoms with van der Waals surface area (Å²) >= 11 is 6.25. The second-order valence-corrected chi connectivity index (χ2v) is 12.2. The molecule has 5 rings (SSSR count). The van der Waals surface area contributed by atoms with Gasteiger partial charge in [-0.15, -0.1) is 0 Å². The topological polar surface area (TPSA) is 42.3 Å². The molecular formula is C30H33ClN2O2S. The van der Waals surface area contributed by atoms with E-state index in [0.29, 0.717) is 23.9 Å². The van der Waals surface area contributed by atoms with Crippen molar-refractivity contribution in [3.63, 3.8) is 0 Å². The number of piperidine rings is 1. The molecule has 3 aromatic carbocycles. The average molecular weight is 521 g/mol. The van der Waals surface area contributed by atoms with Crippen LogP contribution in [0.25, 0.3) is 10.9 Å². The van der Waals surface area contributed by atoms with E-state index in [4.69, 9.17) is 11.6 Å². The molecule has 0 radical (unpaired) electrons. The highest BCUT2D eigenvalue weighted by Gasteiger charge is 2.32. The largest absolute Gasteiger partial charge is 0.340 e. The third kappa shape index (κ3) is 4.84. The summed E-state index contributed by atoms with van der Waals surface area (Å²) in [6, 6.07) is 24.0. The predicted octanol–water partition coefficient (Wildman–Crippen LogP) is 7.17. The van der Waals surface area contributed by atoms with Gasteiger partial charge in [-0.05, 0) is 79.1 Å². The molecule has 0 aliphatic carbocycles. The van der Waals surface area contributed by atoms with Gasteiger partial charge in [0, 0.05) is 41.3 Å². The lowest BCUT2D eigenvalue weighted by Gasteiger charge is -2.31. The van der Waals surface area contributed by atoms with Gasteiger partial charge in [-0.3, -0.25) is 0 Å². The smallest absolute Gasteiger partial charge is 0.243 e. The highest BCUT2D eigenvalue weighted by molar-refractivity contribution is 7.89. The Morgan fingerprint density at radius 3 is 2.33 bits per heavy atom. The van der Waals surface area contributed by atoms with E-state index in [-0.39, 0.29) is 0 Å². The Hall–Kier alpha value is -2.60. The number of sulfonamides is 1. The molecule has 1 saturated heterocycles. The van der Waals surface area contributed by atoms with Crippen LogP contribution >= 0.6 is 11.6 Å². The van der Waals surface area contributed by atoms with Crippen LogP contribution in [0.1, 0.15) is 54.5 Å². The van der Waals surface area contributed by atoms with Gasteiger partial charge < -0.3 is 4.57 Å². The third-order valence-corrected chi connectivity index (χ3v) is 9.62. The van der Waals surface area contributed by atoms with Gasteiger partial charge in [-0.25, -0.2) is 8.42 Å². The highest BCUT2D eigenvalue weighted by Crippen LogP contribution is 2.38. The summed E-state index contributed by atoms with van der Waals surface area (Å²) in [7, 11) is -3.48. The first kappa shape index (κ1) is 25.1. The molecule has 1 fully saturated rings. The maximum absolute atomic E-state index is 13.3. The molecule has 6 heteroatoms. The summed E-state index contributed by atoms with van der Waals surface area (Å²) < 4.78 is 30.7. The lowest BCUT2D eigenvalue weighted by Crippen LogP contribution is -2.38. The normalized spacial score (nSPS) is 15.5. The zero-order valence-electron chi connectivity index (χ0n) is 21.0. The molecule has 0 amide bonds. The number of nitrogens with zero attached hydrogens (tertiary/aromatic N) is 2. The second-order valence-electron chi connectivity index (χ2n) is 9.80. The number of aryl methyl sites for hydroxylation is 1. The lowest BCUT2D eigenvalue weighted by molar-refractivity contribution is 0.319. The Balaban J connectivity index is 1.38. The molecule has 2 heterocycles. The zero-order chi connectivity index (χ0) is 25.3. The van der Waals surface area contributed by atoms with Gasteiger partial charge in [-0.1, -0.05) is 67.4 Å². The third-order valence-electron chi connectivity index (χ3n) is 7.47. The van der Waals surface area contributed by atoms with Gasteiger partial charge in [-0.2, -0.15) is 4.31 Å². The van der Waals surface area contributed by atoms with Crippen LogP contribution in [0.15, 0.2) is 77.7 Å². The minimum Gasteiger partial charge on any atom is -0.340 e. The number of benzene rings is 3. The van der Waals surface area contributed by atoms with Crippen LogP contribution in [0, 0.1) is 6.92 Å². The zero-order valence-corrected chi connectivity index (χ0v) is 22.5. The van der Waals surface area contributed by atoms with Crippen molar-refractivity contribution in [2.75, 3.05) is 13.1 Å². The van der Waals surface area contributed by atoms with E-state index in [1.807, 2.05) is 30.3 Å². The van der Waals surface area contributed by atoms with Crippen molar-refractivity contribution < 1.29 is 8.42 Å². The molecule has 0 bridgehead atoms.